The third kappa shape index (κ3) is 3.85. The van der Waals surface area contributed by atoms with Crippen LogP contribution in [0.5, 0.6) is 0 Å². The molecule has 3 heterocycles. The van der Waals surface area contributed by atoms with Crippen LogP contribution in [0.2, 0.25) is 0 Å². The highest BCUT2D eigenvalue weighted by molar-refractivity contribution is 5.56. The first-order chi connectivity index (χ1) is 12.4. The monoisotopic (exact) mass is 334 g/mol. The summed E-state index contributed by atoms with van der Waals surface area (Å²) in [5, 5.41) is 7.86. The topological polar surface area (TPSA) is 58.9 Å². The van der Waals surface area contributed by atoms with E-state index < -0.39 is 0 Å². The third-order valence-electron chi connectivity index (χ3n) is 4.54. The number of piperidine rings is 1. The van der Waals surface area contributed by atoms with Crippen LogP contribution in [0, 0.1) is 0 Å². The van der Waals surface area contributed by atoms with Crippen LogP contribution >= 0.6 is 0 Å². The molecule has 1 fully saturated rings. The molecule has 1 N–H and O–H groups in total. The number of hydrogen-bond donors (Lipinski definition) is 1. The van der Waals surface area contributed by atoms with Crippen molar-refractivity contribution in [3.05, 3.63) is 66.9 Å². The molecule has 0 radical (unpaired) electrons. The fraction of sp³-hybridized carbons (Fsp3) is 0.316. The highest BCUT2D eigenvalue weighted by atomic mass is 15.3. The van der Waals surface area contributed by atoms with Gasteiger partial charge in [0, 0.05) is 25.3 Å². The Hall–Kier alpha value is -2.73. The van der Waals surface area contributed by atoms with Gasteiger partial charge in [0.15, 0.2) is 5.82 Å². The van der Waals surface area contributed by atoms with E-state index in [1.54, 1.807) is 17.2 Å². The van der Waals surface area contributed by atoms with Crippen LogP contribution in [0.4, 0.5) is 5.69 Å². The molecule has 1 saturated heterocycles. The van der Waals surface area contributed by atoms with E-state index in [1.807, 2.05) is 6.07 Å². The number of nitrogens with one attached hydrogen (secondary N) is 1. The quantitative estimate of drug-likeness (QED) is 0.777. The van der Waals surface area contributed by atoms with Gasteiger partial charge in [-0.25, -0.2) is 14.6 Å². The van der Waals surface area contributed by atoms with E-state index in [-0.39, 0.29) is 0 Å². The number of aromatic nitrogens is 4. The van der Waals surface area contributed by atoms with Crippen LogP contribution in [-0.4, -0.2) is 43.8 Å². The molecule has 0 spiro atoms. The molecule has 0 saturated carbocycles. The molecule has 6 heteroatoms. The van der Waals surface area contributed by atoms with Gasteiger partial charge < -0.3 is 5.32 Å². The molecule has 1 atom stereocenters. The summed E-state index contributed by atoms with van der Waals surface area (Å²) in [6.45, 7) is 3.18. The van der Waals surface area contributed by atoms with Gasteiger partial charge in [-0.15, -0.1) is 0 Å². The van der Waals surface area contributed by atoms with Crippen molar-refractivity contribution in [2.24, 2.45) is 0 Å². The summed E-state index contributed by atoms with van der Waals surface area (Å²) in [7, 11) is 0. The number of pyridine rings is 1. The van der Waals surface area contributed by atoms with Crippen LogP contribution < -0.4 is 5.32 Å². The number of hydrogen-bond acceptors (Lipinski definition) is 5. The van der Waals surface area contributed by atoms with Gasteiger partial charge in [0.25, 0.3) is 0 Å². The summed E-state index contributed by atoms with van der Waals surface area (Å²) in [5.74, 6) is 0.792. The minimum atomic E-state index is 0.406. The molecule has 0 bridgehead atoms. The number of likely N-dealkylation sites (tertiary alicyclic amines) is 1. The predicted molar refractivity (Wildman–Crippen MR) is 97.5 cm³/mol. The van der Waals surface area contributed by atoms with Crippen molar-refractivity contribution in [3.63, 3.8) is 0 Å². The van der Waals surface area contributed by atoms with Gasteiger partial charge in [-0.05, 0) is 37.1 Å². The molecule has 128 valence electrons. The number of nitrogens with zero attached hydrogens (tertiary/aromatic N) is 5. The van der Waals surface area contributed by atoms with E-state index in [1.165, 1.54) is 18.3 Å². The molecule has 1 unspecified atom stereocenters. The summed E-state index contributed by atoms with van der Waals surface area (Å²) in [6, 6.07) is 15.1. The zero-order valence-corrected chi connectivity index (χ0v) is 14.1. The first kappa shape index (κ1) is 15.8. The standard InChI is InChI=1S/C19H22N6/c1-2-6-16(7-3-1)12-24-11-5-8-17(13-24)23-18-9-4-10-21-19(18)25-15-20-14-22-25/h1-4,6-7,9-10,14-15,17,23H,5,8,11-13H2. The van der Waals surface area contributed by atoms with Gasteiger partial charge in [-0.3, -0.25) is 4.90 Å². The second-order valence-corrected chi connectivity index (χ2v) is 6.42. The summed E-state index contributed by atoms with van der Waals surface area (Å²) < 4.78 is 1.70. The molecule has 0 aliphatic carbocycles. The molecule has 25 heavy (non-hydrogen) atoms. The number of rotatable bonds is 5. The lowest BCUT2D eigenvalue weighted by Crippen LogP contribution is -2.41. The van der Waals surface area contributed by atoms with Gasteiger partial charge in [0.05, 0.1) is 5.69 Å². The summed E-state index contributed by atoms with van der Waals surface area (Å²) in [6.07, 6.45) is 7.35. The van der Waals surface area contributed by atoms with E-state index >= 15 is 0 Å². The molecule has 6 nitrogen and oxygen atoms in total. The van der Waals surface area contributed by atoms with E-state index in [4.69, 9.17) is 0 Å². The molecule has 3 aromatic rings. The zero-order chi connectivity index (χ0) is 16.9. The molecular weight excluding hydrogens is 312 g/mol. The largest absolute Gasteiger partial charge is 0.378 e. The van der Waals surface area contributed by atoms with E-state index in [9.17, 15) is 0 Å². The van der Waals surface area contributed by atoms with Crippen molar-refractivity contribution in [2.75, 3.05) is 18.4 Å². The fourth-order valence-corrected chi connectivity index (χ4v) is 3.39. The first-order valence-corrected chi connectivity index (χ1v) is 8.71. The van der Waals surface area contributed by atoms with Gasteiger partial charge in [0.1, 0.15) is 12.7 Å². The first-order valence-electron chi connectivity index (χ1n) is 8.71. The Morgan fingerprint density at radius 2 is 2.04 bits per heavy atom. The third-order valence-corrected chi connectivity index (χ3v) is 4.54. The normalized spacial score (nSPS) is 18.2. The molecular formula is C19H22N6. The van der Waals surface area contributed by atoms with E-state index in [0.717, 1.165) is 37.6 Å². The summed E-state index contributed by atoms with van der Waals surface area (Å²) in [4.78, 5) is 11.0. The lowest BCUT2D eigenvalue weighted by Gasteiger charge is -2.34. The van der Waals surface area contributed by atoms with Crippen molar-refractivity contribution < 1.29 is 0 Å². The SMILES string of the molecule is c1ccc(CN2CCCC(Nc3cccnc3-n3cncn3)C2)cc1. The average Bonchev–Trinajstić information content (AvgIpc) is 3.18. The van der Waals surface area contributed by atoms with Crippen molar-refractivity contribution >= 4 is 5.69 Å². The predicted octanol–water partition coefficient (Wildman–Crippen LogP) is 2.74. The summed E-state index contributed by atoms with van der Waals surface area (Å²) in [5.41, 5.74) is 2.37. The lowest BCUT2D eigenvalue weighted by atomic mass is 10.0. The Labute approximate surface area is 147 Å². The van der Waals surface area contributed by atoms with Crippen molar-refractivity contribution in [1.29, 1.82) is 0 Å². The number of anilines is 1. The van der Waals surface area contributed by atoms with Crippen LogP contribution in [0.15, 0.2) is 61.3 Å². The zero-order valence-electron chi connectivity index (χ0n) is 14.1. The van der Waals surface area contributed by atoms with Crippen LogP contribution in [0.3, 0.4) is 0 Å². The minimum Gasteiger partial charge on any atom is -0.378 e. The molecule has 4 rings (SSSR count). The Morgan fingerprint density at radius 1 is 1.12 bits per heavy atom. The van der Waals surface area contributed by atoms with E-state index in [0.29, 0.717) is 6.04 Å². The van der Waals surface area contributed by atoms with Gasteiger partial charge in [0.2, 0.25) is 0 Å². The van der Waals surface area contributed by atoms with Crippen molar-refractivity contribution in [2.45, 2.75) is 25.4 Å². The van der Waals surface area contributed by atoms with Gasteiger partial charge >= 0.3 is 0 Å². The van der Waals surface area contributed by atoms with Crippen LogP contribution in [-0.2, 0) is 6.54 Å². The van der Waals surface area contributed by atoms with Crippen molar-refractivity contribution in [3.8, 4) is 5.82 Å². The second-order valence-electron chi connectivity index (χ2n) is 6.42. The molecule has 1 aliphatic rings. The van der Waals surface area contributed by atoms with Crippen LogP contribution in [0.1, 0.15) is 18.4 Å². The molecule has 2 aromatic heterocycles. The Bertz CT molecular complexity index is 787. The lowest BCUT2D eigenvalue weighted by molar-refractivity contribution is 0.208. The van der Waals surface area contributed by atoms with Crippen LogP contribution in [0.25, 0.3) is 5.82 Å². The Kier molecular flexibility index (Phi) is 4.70. The summed E-state index contributed by atoms with van der Waals surface area (Å²) >= 11 is 0. The maximum absolute atomic E-state index is 4.46. The van der Waals surface area contributed by atoms with E-state index in [2.05, 4.69) is 61.7 Å². The average molecular weight is 334 g/mol. The Morgan fingerprint density at radius 3 is 2.88 bits per heavy atom. The minimum absolute atomic E-state index is 0.406. The molecule has 1 aliphatic heterocycles. The second kappa shape index (κ2) is 7.44. The number of benzene rings is 1. The van der Waals surface area contributed by atoms with Crippen molar-refractivity contribution in [1.82, 2.24) is 24.6 Å². The van der Waals surface area contributed by atoms with Gasteiger partial charge in [-0.1, -0.05) is 30.3 Å². The van der Waals surface area contributed by atoms with Gasteiger partial charge in [-0.2, -0.15) is 5.10 Å². The highest BCUT2D eigenvalue weighted by Crippen LogP contribution is 2.21. The maximum atomic E-state index is 4.46. The highest BCUT2D eigenvalue weighted by Gasteiger charge is 2.21. The molecule has 1 aromatic carbocycles. The fourth-order valence-electron chi connectivity index (χ4n) is 3.39. The smallest absolute Gasteiger partial charge is 0.178 e. The molecule has 0 amide bonds. The maximum Gasteiger partial charge on any atom is 0.178 e. The Balaban J connectivity index is 1.45.